The number of aromatic nitrogens is 3. The number of hydrogen-bond donors (Lipinski definition) is 1. The fraction of sp³-hybridized carbons (Fsp3) is 0.280. The van der Waals surface area contributed by atoms with E-state index in [9.17, 15) is 17.8 Å². The van der Waals surface area contributed by atoms with E-state index in [0.29, 0.717) is 18.4 Å². The molecule has 188 valence electrons. The lowest BCUT2D eigenvalue weighted by atomic mass is 10.1. The molecule has 1 N–H and O–H groups in total. The van der Waals surface area contributed by atoms with Gasteiger partial charge < -0.3 is 10.1 Å². The van der Waals surface area contributed by atoms with Gasteiger partial charge >= 0.3 is 5.92 Å². The zero-order valence-electron chi connectivity index (χ0n) is 19.7. The molecule has 2 atom stereocenters. The molecule has 0 saturated heterocycles. The van der Waals surface area contributed by atoms with E-state index in [4.69, 9.17) is 4.74 Å². The summed E-state index contributed by atoms with van der Waals surface area (Å²) in [5, 5.41) is 4.34. The largest absolute Gasteiger partial charge is 0.438 e. The predicted molar refractivity (Wildman–Crippen MR) is 132 cm³/mol. The molecule has 3 aromatic rings. The van der Waals surface area contributed by atoms with Crippen LogP contribution in [0, 0.1) is 5.92 Å². The monoisotopic (exact) mass is 513 g/mol. The van der Waals surface area contributed by atoms with Crippen molar-refractivity contribution in [1.82, 2.24) is 20.3 Å². The first-order chi connectivity index (χ1) is 17.1. The number of carbonyl (C=O) groups excluding carboxylic acids is 1. The number of pyridine rings is 1. The Morgan fingerprint density at radius 2 is 1.97 bits per heavy atom. The number of hydrogen-bond acceptors (Lipinski definition) is 7. The van der Waals surface area contributed by atoms with Crippen LogP contribution in [0.25, 0.3) is 0 Å². The fourth-order valence-electron chi connectivity index (χ4n) is 3.30. The Kier molecular flexibility index (Phi) is 7.39. The van der Waals surface area contributed by atoms with Crippen molar-refractivity contribution in [1.29, 1.82) is 0 Å². The number of alkyl halides is 2. The van der Waals surface area contributed by atoms with Crippen LogP contribution < -0.4 is 10.1 Å². The summed E-state index contributed by atoms with van der Waals surface area (Å²) >= 11 is 0. The molecule has 0 spiro atoms. The van der Waals surface area contributed by atoms with Gasteiger partial charge in [-0.1, -0.05) is 24.3 Å². The minimum atomic E-state index is -3.32. The summed E-state index contributed by atoms with van der Waals surface area (Å²) in [6.07, 6.45) is 9.04. The lowest BCUT2D eigenvalue weighted by Crippen LogP contribution is -2.35. The first kappa shape index (κ1) is 25.4. The quantitative estimate of drug-likeness (QED) is 0.420. The van der Waals surface area contributed by atoms with Crippen LogP contribution in [0.1, 0.15) is 35.9 Å². The molecule has 2 unspecified atom stereocenters. The third-order valence-electron chi connectivity index (χ3n) is 5.25. The summed E-state index contributed by atoms with van der Waals surface area (Å²) in [5.41, 5.74) is 0.387. The van der Waals surface area contributed by atoms with Crippen molar-refractivity contribution in [2.24, 2.45) is 10.3 Å². The third kappa shape index (κ3) is 6.91. The molecule has 1 aliphatic carbocycles. The Bertz CT molecular complexity index is 1370. The topological polar surface area (TPSA) is 106 Å². The summed E-state index contributed by atoms with van der Waals surface area (Å²) in [6.45, 7) is 0.668. The summed E-state index contributed by atoms with van der Waals surface area (Å²) < 4.78 is 50.6. The van der Waals surface area contributed by atoms with Crippen molar-refractivity contribution in [3.8, 4) is 11.6 Å². The lowest BCUT2D eigenvalue weighted by molar-refractivity contribution is 0.00707. The molecule has 4 rings (SSSR count). The average Bonchev–Trinajstić information content (AvgIpc) is 3.67. The van der Waals surface area contributed by atoms with Crippen molar-refractivity contribution in [3.05, 3.63) is 83.9 Å². The first-order valence-electron chi connectivity index (χ1n) is 11.2. The van der Waals surface area contributed by atoms with E-state index in [-0.39, 0.29) is 17.4 Å². The molecule has 1 aromatic carbocycles. The van der Waals surface area contributed by atoms with Crippen LogP contribution in [-0.2, 0) is 15.7 Å². The van der Waals surface area contributed by atoms with E-state index in [0.717, 1.165) is 19.0 Å². The highest BCUT2D eigenvalue weighted by atomic mass is 32.2. The SMILES string of the molecule is CC(F)(F)c1ncc(C(=O)NC(/C=C/S(C)(=O)=Nc2cccnc2)C2CC2)c(Oc2ccccc2)n1. The maximum atomic E-state index is 13.9. The number of benzene rings is 1. The zero-order valence-corrected chi connectivity index (χ0v) is 20.5. The predicted octanol–water partition coefficient (Wildman–Crippen LogP) is 5.23. The molecule has 0 radical (unpaired) electrons. The van der Waals surface area contributed by atoms with Gasteiger partial charge in [0.1, 0.15) is 11.3 Å². The van der Waals surface area contributed by atoms with Gasteiger partial charge in [0.25, 0.3) is 5.91 Å². The van der Waals surface area contributed by atoms with Gasteiger partial charge in [-0.3, -0.25) is 9.78 Å². The van der Waals surface area contributed by atoms with E-state index in [1.165, 1.54) is 17.9 Å². The summed E-state index contributed by atoms with van der Waals surface area (Å²) in [7, 11) is -2.74. The Morgan fingerprint density at radius 3 is 2.61 bits per heavy atom. The van der Waals surface area contributed by atoms with Crippen molar-refractivity contribution >= 4 is 21.3 Å². The van der Waals surface area contributed by atoms with Crippen molar-refractivity contribution in [3.63, 3.8) is 0 Å². The minimum absolute atomic E-state index is 0.0943. The summed E-state index contributed by atoms with van der Waals surface area (Å²) in [5.74, 6) is -4.47. The average molecular weight is 514 g/mol. The molecular weight excluding hydrogens is 488 g/mol. The van der Waals surface area contributed by atoms with Gasteiger partial charge in [0.15, 0.2) is 0 Å². The van der Waals surface area contributed by atoms with Crippen molar-refractivity contribution in [2.45, 2.75) is 31.7 Å². The Balaban J connectivity index is 1.59. The summed E-state index contributed by atoms with van der Waals surface area (Å²) in [4.78, 5) is 24.7. The van der Waals surface area contributed by atoms with Crippen LogP contribution in [0.15, 0.2) is 76.9 Å². The van der Waals surface area contributed by atoms with Crippen LogP contribution in [0.2, 0.25) is 0 Å². The first-order valence-corrected chi connectivity index (χ1v) is 13.2. The molecule has 2 heterocycles. The standard InChI is InChI=1S/C25H25F2N5O3S/c1-25(26,27)24-29-16-20(23(31-24)35-19-8-4-3-5-9-19)22(33)30-21(17-10-11-17)12-14-36(2,34)32-18-7-6-13-28-15-18/h3-9,12-17,21H,10-11H2,1-2H3,(H,30,33)/b14-12+. The maximum Gasteiger partial charge on any atom is 0.303 e. The Hall–Kier alpha value is -3.73. The van der Waals surface area contributed by atoms with E-state index < -0.39 is 33.4 Å². The highest BCUT2D eigenvalue weighted by Gasteiger charge is 2.33. The number of amides is 1. The smallest absolute Gasteiger partial charge is 0.303 e. The molecule has 11 heteroatoms. The second-order valence-corrected chi connectivity index (χ2v) is 10.7. The van der Waals surface area contributed by atoms with Gasteiger partial charge in [0, 0.05) is 31.0 Å². The van der Waals surface area contributed by atoms with E-state index in [1.54, 1.807) is 54.7 Å². The van der Waals surface area contributed by atoms with Crippen LogP contribution in [0.3, 0.4) is 0 Å². The van der Waals surface area contributed by atoms with Gasteiger partial charge in [-0.25, -0.2) is 9.19 Å². The van der Waals surface area contributed by atoms with Crippen LogP contribution >= 0.6 is 0 Å². The molecule has 1 fully saturated rings. The third-order valence-corrected chi connectivity index (χ3v) is 6.48. The number of rotatable bonds is 9. The van der Waals surface area contributed by atoms with E-state index in [2.05, 4.69) is 24.6 Å². The second kappa shape index (κ2) is 10.5. The van der Waals surface area contributed by atoms with E-state index >= 15 is 0 Å². The normalized spacial score (nSPS) is 16.2. The molecule has 8 nitrogen and oxygen atoms in total. The van der Waals surface area contributed by atoms with Gasteiger partial charge in [0.05, 0.1) is 27.7 Å². The van der Waals surface area contributed by atoms with Crippen LogP contribution in [0.4, 0.5) is 14.5 Å². The van der Waals surface area contributed by atoms with Crippen molar-refractivity contribution < 1.29 is 22.5 Å². The number of carbonyl (C=O) groups is 1. The number of ether oxygens (including phenoxy) is 1. The van der Waals surface area contributed by atoms with Gasteiger partial charge in [0.2, 0.25) is 11.7 Å². The van der Waals surface area contributed by atoms with Gasteiger partial charge in [-0.15, -0.1) is 0 Å². The zero-order chi connectivity index (χ0) is 25.8. The lowest BCUT2D eigenvalue weighted by Gasteiger charge is -2.17. The molecule has 36 heavy (non-hydrogen) atoms. The van der Waals surface area contributed by atoms with E-state index in [1.807, 2.05) is 0 Å². The Labute approximate surface area is 208 Å². The van der Waals surface area contributed by atoms with Crippen LogP contribution in [0.5, 0.6) is 11.6 Å². The van der Waals surface area contributed by atoms with Crippen molar-refractivity contribution in [2.75, 3.05) is 6.26 Å². The molecule has 1 amide bonds. The number of nitrogens with zero attached hydrogens (tertiary/aromatic N) is 4. The molecular formula is C25H25F2N5O3S. The summed E-state index contributed by atoms with van der Waals surface area (Å²) in [6, 6.07) is 11.4. The fourth-order valence-corrected chi connectivity index (χ4v) is 4.35. The second-order valence-electron chi connectivity index (χ2n) is 8.54. The highest BCUT2D eigenvalue weighted by Crippen LogP contribution is 2.34. The molecule has 0 aliphatic heterocycles. The highest BCUT2D eigenvalue weighted by molar-refractivity contribution is 7.95. The van der Waals surface area contributed by atoms with Gasteiger partial charge in [-0.2, -0.15) is 18.1 Å². The molecule has 2 aromatic heterocycles. The minimum Gasteiger partial charge on any atom is -0.438 e. The number of nitrogens with one attached hydrogen (secondary N) is 1. The molecule has 1 saturated carbocycles. The molecule has 1 aliphatic rings. The van der Waals surface area contributed by atoms with Crippen LogP contribution in [-0.4, -0.2) is 37.4 Å². The maximum absolute atomic E-state index is 13.9. The Morgan fingerprint density at radius 1 is 1.22 bits per heavy atom. The number of halogens is 2. The van der Waals surface area contributed by atoms with Gasteiger partial charge in [-0.05, 0) is 43.0 Å². The molecule has 0 bridgehead atoms. The number of para-hydroxylation sites is 1.